The first-order valence-corrected chi connectivity index (χ1v) is 9.60. The number of hydrogen-bond acceptors (Lipinski definition) is 3. The maximum Gasteiger partial charge on any atom is 0.317 e. The molecular weight excluding hydrogens is 296 g/mol. The summed E-state index contributed by atoms with van der Waals surface area (Å²) in [6.45, 7) is 6.47. The molecule has 2 amide bonds. The fourth-order valence-corrected chi connectivity index (χ4v) is 5.19. The van der Waals surface area contributed by atoms with Gasteiger partial charge in [-0.3, -0.25) is 0 Å². The molecule has 3 aliphatic rings. The van der Waals surface area contributed by atoms with Gasteiger partial charge in [-0.15, -0.1) is 0 Å². The molecule has 0 aromatic rings. The fraction of sp³-hybridized carbons (Fsp3) is 0.824. The van der Waals surface area contributed by atoms with Crippen LogP contribution in [0.15, 0.2) is 12.2 Å². The average Bonchev–Trinajstić information content (AvgIpc) is 2.98. The van der Waals surface area contributed by atoms with Crippen LogP contribution in [0.2, 0.25) is 0 Å². The number of fused-ring (bicyclic) bond motifs is 1. The third-order valence-electron chi connectivity index (χ3n) is 5.32. The summed E-state index contributed by atoms with van der Waals surface area (Å²) in [7, 11) is 0. The number of amides is 2. The zero-order chi connectivity index (χ0) is 15.4. The second kappa shape index (κ2) is 7.26. The number of carbonyl (C=O) groups is 1. The predicted octanol–water partition coefficient (Wildman–Crippen LogP) is 2.90. The van der Waals surface area contributed by atoms with Gasteiger partial charge in [-0.1, -0.05) is 19.1 Å². The van der Waals surface area contributed by atoms with Gasteiger partial charge < -0.3 is 15.0 Å². The highest BCUT2D eigenvalue weighted by Gasteiger charge is 2.37. The average molecular weight is 324 g/mol. The molecule has 2 heterocycles. The van der Waals surface area contributed by atoms with E-state index in [0.717, 1.165) is 64.3 Å². The molecule has 124 valence electrons. The number of likely N-dealkylation sites (tertiary alicyclic amines) is 1. The summed E-state index contributed by atoms with van der Waals surface area (Å²) in [6.07, 6.45) is 8.92. The monoisotopic (exact) mass is 324 g/mol. The number of carbonyl (C=O) groups excluding carboxylic acids is 1. The number of nitrogens with one attached hydrogen (secondary N) is 1. The van der Waals surface area contributed by atoms with Crippen molar-refractivity contribution >= 4 is 17.8 Å². The molecule has 2 atom stereocenters. The van der Waals surface area contributed by atoms with Crippen LogP contribution in [0.25, 0.3) is 0 Å². The van der Waals surface area contributed by atoms with Crippen LogP contribution in [-0.2, 0) is 4.74 Å². The van der Waals surface area contributed by atoms with Gasteiger partial charge in [0.1, 0.15) is 0 Å². The molecule has 0 radical (unpaired) electrons. The lowest BCUT2D eigenvalue weighted by Gasteiger charge is -2.37. The second-order valence-corrected chi connectivity index (χ2v) is 8.49. The van der Waals surface area contributed by atoms with Gasteiger partial charge in [0.05, 0.1) is 0 Å². The van der Waals surface area contributed by atoms with Crippen molar-refractivity contribution in [3.8, 4) is 0 Å². The van der Waals surface area contributed by atoms with Gasteiger partial charge >= 0.3 is 6.03 Å². The number of ether oxygens (including phenoxy) is 1. The maximum absolute atomic E-state index is 12.5. The fourth-order valence-electron chi connectivity index (χ4n) is 3.95. The van der Waals surface area contributed by atoms with Crippen molar-refractivity contribution in [1.82, 2.24) is 10.2 Å². The lowest BCUT2D eigenvalue weighted by molar-refractivity contribution is 0.0772. The molecule has 1 aliphatic carbocycles. The van der Waals surface area contributed by atoms with Crippen molar-refractivity contribution in [1.29, 1.82) is 0 Å². The summed E-state index contributed by atoms with van der Waals surface area (Å²) in [4.78, 5) is 14.6. The Bertz CT molecular complexity index is 399. The van der Waals surface area contributed by atoms with Crippen molar-refractivity contribution in [2.75, 3.05) is 38.6 Å². The number of allylic oxidation sites excluding steroid dienone is 2. The van der Waals surface area contributed by atoms with Crippen LogP contribution in [0.5, 0.6) is 0 Å². The third kappa shape index (κ3) is 3.62. The van der Waals surface area contributed by atoms with Crippen LogP contribution in [-0.4, -0.2) is 54.3 Å². The van der Waals surface area contributed by atoms with Gasteiger partial charge in [0.15, 0.2) is 0 Å². The Labute approximate surface area is 138 Å². The molecule has 5 heteroatoms. The first kappa shape index (κ1) is 16.2. The van der Waals surface area contributed by atoms with Crippen molar-refractivity contribution < 1.29 is 9.53 Å². The highest BCUT2D eigenvalue weighted by atomic mass is 32.2. The van der Waals surface area contributed by atoms with Crippen molar-refractivity contribution in [3.05, 3.63) is 12.2 Å². The van der Waals surface area contributed by atoms with E-state index < -0.39 is 0 Å². The van der Waals surface area contributed by atoms with E-state index >= 15 is 0 Å². The largest absolute Gasteiger partial charge is 0.381 e. The predicted molar refractivity (Wildman–Crippen MR) is 91.2 cm³/mol. The van der Waals surface area contributed by atoms with Crippen LogP contribution < -0.4 is 5.32 Å². The highest BCUT2D eigenvalue weighted by molar-refractivity contribution is 8.00. The van der Waals surface area contributed by atoms with E-state index in [1.54, 1.807) is 0 Å². The Morgan fingerprint density at radius 1 is 1.27 bits per heavy atom. The molecule has 0 saturated carbocycles. The van der Waals surface area contributed by atoms with Crippen LogP contribution in [0.1, 0.15) is 32.6 Å². The molecule has 0 bridgehead atoms. The van der Waals surface area contributed by atoms with Gasteiger partial charge in [-0.05, 0) is 43.3 Å². The van der Waals surface area contributed by atoms with E-state index in [1.165, 1.54) is 0 Å². The first-order chi connectivity index (χ1) is 10.7. The molecular formula is C17H28N2O2S. The van der Waals surface area contributed by atoms with Gasteiger partial charge in [0.2, 0.25) is 0 Å². The van der Waals surface area contributed by atoms with Gasteiger partial charge in [0.25, 0.3) is 0 Å². The van der Waals surface area contributed by atoms with Crippen LogP contribution in [0.4, 0.5) is 4.79 Å². The van der Waals surface area contributed by atoms with Gasteiger partial charge in [0, 0.05) is 37.6 Å². The number of hydrogen-bond donors (Lipinski definition) is 1. The molecule has 0 unspecified atom stereocenters. The lowest BCUT2D eigenvalue weighted by Crippen LogP contribution is -2.48. The lowest BCUT2D eigenvalue weighted by atomic mass is 9.86. The SMILES string of the molecule is CCSC1(CNC(=O)N2C[C@H]3CC=CC[C@H]3C2)CCOCC1. The number of nitrogens with zero attached hydrogens (tertiary/aromatic N) is 1. The Hall–Kier alpha value is -0.680. The Balaban J connectivity index is 1.51. The van der Waals surface area contributed by atoms with E-state index in [0.29, 0.717) is 11.8 Å². The summed E-state index contributed by atoms with van der Waals surface area (Å²) < 4.78 is 5.68. The molecule has 3 rings (SSSR count). The highest BCUT2D eigenvalue weighted by Crippen LogP contribution is 2.35. The minimum atomic E-state index is 0.136. The molecule has 2 fully saturated rings. The summed E-state index contributed by atoms with van der Waals surface area (Å²) >= 11 is 1.98. The topological polar surface area (TPSA) is 41.6 Å². The minimum Gasteiger partial charge on any atom is -0.381 e. The molecule has 0 spiro atoms. The van der Waals surface area contributed by atoms with E-state index in [1.807, 2.05) is 16.7 Å². The summed E-state index contributed by atoms with van der Waals surface area (Å²) in [6, 6.07) is 0.136. The second-order valence-electron chi connectivity index (χ2n) is 6.76. The van der Waals surface area contributed by atoms with Crippen molar-refractivity contribution in [2.24, 2.45) is 11.8 Å². The summed E-state index contributed by atoms with van der Waals surface area (Å²) in [5, 5.41) is 3.22. The Morgan fingerprint density at radius 2 is 1.91 bits per heavy atom. The number of rotatable bonds is 4. The van der Waals surface area contributed by atoms with E-state index in [-0.39, 0.29) is 10.8 Å². The van der Waals surface area contributed by atoms with E-state index in [9.17, 15) is 4.79 Å². The Kier molecular flexibility index (Phi) is 5.34. The standard InChI is InChI=1S/C17H28N2O2S/c1-2-22-17(7-9-21-10-8-17)13-18-16(20)19-11-14-5-3-4-6-15(14)12-19/h3-4,14-15H,2,5-13H2,1H3,(H,18,20)/t14-,15+. The molecule has 0 aromatic heterocycles. The number of urea groups is 1. The molecule has 4 nitrogen and oxygen atoms in total. The normalized spacial score (nSPS) is 30.1. The molecule has 0 aromatic carbocycles. The van der Waals surface area contributed by atoms with E-state index in [2.05, 4.69) is 24.4 Å². The quantitative estimate of drug-likeness (QED) is 0.809. The molecule has 22 heavy (non-hydrogen) atoms. The number of thioether (sulfide) groups is 1. The smallest absolute Gasteiger partial charge is 0.317 e. The van der Waals surface area contributed by atoms with Crippen LogP contribution in [0, 0.1) is 11.8 Å². The summed E-state index contributed by atoms with van der Waals surface area (Å²) in [5.41, 5.74) is 0. The Morgan fingerprint density at radius 3 is 2.50 bits per heavy atom. The summed E-state index contributed by atoms with van der Waals surface area (Å²) in [5.74, 6) is 2.45. The molecule has 2 aliphatic heterocycles. The minimum absolute atomic E-state index is 0.136. The first-order valence-electron chi connectivity index (χ1n) is 8.62. The molecule has 2 saturated heterocycles. The van der Waals surface area contributed by atoms with E-state index in [4.69, 9.17) is 4.74 Å². The van der Waals surface area contributed by atoms with Crippen LogP contribution in [0.3, 0.4) is 0 Å². The molecule has 1 N–H and O–H groups in total. The van der Waals surface area contributed by atoms with Crippen molar-refractivity contribution in [2.45, 2.75) is 37.4 Å². The maximum atomic E-state index is 12.5. The van der Waals surface area contributed by atoms with Crippen molar-refractivity contribution in [3.63, 3.8) is 0 Å². The van der Waals surface area contributed by atoms with Gasteiger partial charge in [-0.2, -0.15) is 11.8 Å². The third-order valence-corrected chi connectivity index (χ3v) is 6.78. The zero-order valence-corrected chi connectivity index (χ0v) is 14.4. The van der Waals surface area contributed by atoms with Crippen LogP contribution >= 0.6 is 11.8 Å². The zero-order valence-electron chi connectivity index (χ0n) is 13.6. The van der Waals surface area contributed by atoms with Gasteiger partial charge in [-0.25, -0.2) is 4.79 Å².